The highest BCUT2D eigenvalue weighted by Gasteiger charge is 2.11. The minimum absolute atomic E-state index is 0.0624. The van der Waals surface area contributed by atoms with E-state index in [1.54, 1.807) is 12.1 Å². The van der Waals surface area contributed by atoms with Gasteiger partial charge in [-0.25, -0.2) is 4.79 Å². The molecule has 0 heterocycles. The van der Waals surface area contributed by atoms with Crippen molar-refractivity contribution in [3.8, 4) is 0 Å². The van der Waals surface area contributed by atoms with Gasteiger partial charge in [-0.2, -0.15) is 0 Å². The van der Waals surface area contributed by atoms with E-state index in [0.29, 0.717) is 5.56 Å². The zero-order chi connectivity index (χ0) is 19.2. The Kier molecular flexibility index (Phi) is 12.0. The van der Waals surface area contributed by atoms with Gasteiger partial charge in [-0.05, 0) is 34.3 Å². The molecule has 0 atom stereocenters. The third-order valence-electron chi connectivity index (χ3n) is 4.50. The first kappa shape index (κ1) is 22.6. The number of aliphatic carboxylic acids is 1. The predicted molar refractivity (Wildman–Crippen MR) is 111 cm³/mol. The first-order chi connectivity index (χ1) is 12.5. The van der Waals surface area contributed by atoms with Gasteiger partial charge in [0, 0.05) is 11.6 Å². The Morgan fingerprint density at radius 1 is 0.885 bits per heavy atom. The number of hydrogen-bond acceptors (Lipinski definition) is 2. The quantitative estimate of drug-likeness (QED) is 0.206. The van der Waals surface area contributed by atoms with Crippen molar-refractivity contribution in [2.45, 2.75) is 77.6 Å². The standard InChI is InChI=1S/C22H31BrO3/c1-2-3-4-5-6-7-8-9-10-11-12-18-13-15-19(16-14-18)22(26)20(23)17-21(24)25/h13-17H,2-12H2,1H3,(H,24,25)/b20-17+. The predicted octanol–water partition coefficient (Wildman–Crippen LogP) is 6.70. The van der Waals surface area contributed by atoms with Gasteiger partial charge in [0.05, 0.1) is 4.48 Å². The molecule has 1 rings (SSSR count). The van der Waals surface area contributed by atoms with Crippen molar-refractivity contribution in [3.63, 3.8) is 0 Å². The van der Waals surface area contributed by atoms with E-state index in [0.717, 1.165) is 12.5 Å². The third-order valence-corrected chi connectivity index (χ3v) is 5.09. The van der Waals surface area contributed by atoms with Gasteiger partial charge in [0.15, 0.2) is 5.78 Å². The molecule has 26 heavy (non-hydrogen) atoms. The lowest BCUT2D eigenvalue weighted by molar-refractivity contribution is -0.131. The summed E-state index contributed by atoms with van der Waals surface area (Å²) in [5, 5.41) is 8.69. The Morgan fingerprint density at radius 3 is 1.88 bits per heavy atom. The molecule has 1 aromatic rings. The summed E-state index contributed by atoms with van der Waals surface area (Å²) in [5.41, 5.74) is 1.72. The van der Waals surface area contributed by atoms with Gasteiger partial charge in [0.25, 0.3) is 0 Å². The van der Waals surface area contributed by atoms with E-state index in [1.165, 1.54) is 69.8 Å². The van der Waals surface area contributed by atoms with Gasteiger partial charge in [-0.15, -0.1) is 0 Å². The van der Waals surface area contributed by atoms with Gasteiger partial charge in [-0.1, -0.05) is 89.0 Å². The first-order valence-corrected chi connectivity index (χ1v) is 10.6. The summed E-state index contributed by atoms with van der Waals surface area (Å²) >= 11 is 3.02. The number of carboxylic acid groups (broad SMARTS) is 1. The smallest absolute Gasteiger partial charge is 0.329 e. The van der Waals surface area contributed by atoms with Crippen LogP contribution in [-0.4, -0.2) is 16.9 Å². The average molecular weight is 423 g/mol. The number of carbonyl (C=O) groups excluding carboxylic acids is 1. The van der Waals surface area contributed by atoms with Crippen LogP contribution in [0.1, 0.15) is 87.1 Å². The second kappa shape index (κ2) is 13.7. The van der Waals surface area contributed by atoms with E-state index in [2.05, 4.69) is 22.9 Å². The lowest BCUT2D eigenvalue weighted by atomic mass is 10.0. The number of unbranched alkanes of at least 4 members (excludes halogenated alkanes) is 9. The number of ketones is 1. The lowest BCUT2D eigenvalue weighted by Gasteiger charge is -2.05. The van der Waals surface area contributed by atoms with Crippen LogP contribution in [0, 0.1) is 0 Å². The number of carbonyl (C=O) groups is 2. The summed E-state index contributed by atoms with van der Waals surface area (Å²) in [5.74, 6) is -1.44. The Hall–Kier alpha value is -1.42. The Morgan fingerprint density at radius 2 is 1.38 bits per heavy atom. The maximum absolute atomic E-state index is 12.1. The molecule has 0 bridgehead atoms. The number of aryl methyl sites for hydroxylation is 1. The summed E-state index contributed by atoms with van der Waals surface area (Å²) in [6, 6.07) is 7.46. The number of hydrogen-bond donors (Lipinski definition) is 1. The lowest BCUT2D eigenvalue weighted by Crippen LogP contribution is -2.01. The second-order valence-electron chi connectivity index (χ2n) is 6.79. The molecule has 1 aromatic carbocycles. The zero-order valence-electron chi connectivity index (χ0n) is 15.8. The van der Waals surface area contributed by atoms with Gasteiger partial charge < -0.3 is 5.11 Å². The van der Waals surface area contributed by atoms with Gasteiger partial charge in [0.2, 0.25) is 0 Å². The van der Waals surface area contributed by atoms with Crippen LogP contribution >= 0.6 is 15.9 Å². The van der Waals surface area contributed by atoms with Gasteiger partial charge in [0.1, 0.15) is 0 Å². The summed E-state index contributed by atoms with van der Waals surface area (Å²) in [7, 11) is 0. The number of halogens is 1. The molecule has 0 fully saturated rings. The Labute approximate surface area is 166 Å². The summed E-state index contributed by atoms with van der Waals surface area (Å²) in [4.78, 5) is 22.7. The fraction of sp³-hybridized carbons (Fsp3) is 0.545. The van der Waals surface area contributed by atoms with E-state index in [9.17, 15) is 9.59 Å². The van der Waals surface area contributed by atoms with Crippen molar-refractivity contribution in [3.05, 3.63) is 46.0 Å². The van der Waals surface area contributed by atoms with Crippen LogP contribution in [0.5, 0.6) is 0 Å². The molecule has 0 aliphatic heterocycles. The molecule has 4 heteroatoms. The molecule has 0 aliphatic carbocycles. The van der Waals surface area contributed by atoms with Gasteiger partial charge in [-0.3, -0.25) is 4.79 Å². The number of allylic oxidation sites excluding steroid dienone is 1. The molecule has 0 amide bonds. The van der Waals surface area contributed by atoms with Crippen LogP contribution in [0.2, 0.25) is 0 Å². The van der Waals surface area contributed by atoms with Crippen molar-refractivity contribution < 1.29 is 14.7 Å². The van der Waals surface area contributed by atoms with Crippen molar-refractivity contribution in [2.75, 3.05) is 0 Å². The highest BCUT2D eigenvalue weighted by molar-refractivity contribution is 9.12. The monoisotopic (exact) mass is 422 g/mol. The fourth-order valence-electron chi connectivity index (χ4n) is 2.95. The Bertz CT molecular complexity index is 576. The Balaban J connectivity index is 2.21. The molecule has 0 saturated heterocycles. The SMILES string of the molecule is CCCCCCCCCCCCc1ccc(C(=O)/C(Br)=C\C(=O)O)cc1. The van der Waals surface area contributed by atoms with Crippen LogP contribution in [-0.2, 0) is 11.2 Å². The molecule has 0 unspecified atom stereocenters. The summed E-state index contributed by atoms with van der Waals surface area (Å²) < 4.78 is 0.0624. The van der Waals surface area contributed by atoms with E-state index in [-0.39, 0.29) is 10.3 Å². The maximum Gasteiger partial charge on any atom is 0.329 e. The summed E-state index contributed by atoms with van der Waals surface area (Å²) in [6.45, 7) is 2.25. The first-order valence-electron chi connectivity index (χ1n) is 9.78. The normalized spacial score (nSPS) is 11.5. The molecular formula is C22H31BrO3. The van der Waals surface area contributed by atoms with E-state index >= 15 is 0 Å². The van der Waals surface area contributed by atoms with Crippen LogP contribution < -0.4 is 0 Å². The van der Waals surface area contributed by atoms with Crippen LogP contribution in [0.15, 0.2) is 34.8 Å². The number of rotatable bonds is 14. The van der Waals surface area contributed by atoms with E-state index < -0.39 is 5.97 Å². The molecule has 0 aromatic heterocycles. The zero-order valence-corrected chi connectivity index (χ0v) is 17.4. The number of carboxylic acids is 1. The fourth-order valence-corrected chi connectivity index (χ4v) is 3.38. The van der Waals surface area contributed by atoms with Crippen LogP contribution in [0.25, 0.3) is 0 Å². The molecule has 0 radical (unpaired) electrons. The van der Waals surface area contributed by atoms with Crippen molar-refractivity contribution in [1.82, 2.24) is 0 Å². The summed E-state index contributed by atoms with van der Waals surface area (Å²) in [6.07, 6.45) is 15.2. The number of Topliss-reactive ketones (excluding diaryl/α,β-unsaturated/α-hetero) is 1. The second-order valence-corrected chi connectivity index (χ2v) is 7.64. The van der Waals surface area contributed by atoms with Crippen molar-refractivity contribution in [2.24, 2.45) is 0 Å². The maximum atomic E-state index is 12.1. The van der Waals surface area contributed by atoms with Crippen LogP contribution in [0.3, 0.4) is 0 Å². The minimum Gasteiger partial charge on any atom is -0.478 e. The minimum atomic E-state index is -1.14. The highest BCUT2D eigenvalue weighted by Crippen LogP contribution is 2.17. The molecular weight excluding hydrogens is 392 g/mol. The van der Waals surface area contributed by atoms with Crippen molar-refractivity contribution in [1.29, 1.82) is 0 Å². The molecule has 144 valence electrons. The van der Waals surface area contributed by atoms with Gasteiger partial charge >= 0.3 is 5.97 Å². The van der Waals surface area contributed by atoms with E-state index in [4.69, 9.17) is 5.11 Å². The number of benzene rings is 1. The topological polar surface area (TPSA) is 54.4 Å². The average Bonchev–Trinajstić information content (AvgIpc) is 2.62. The highest BCUT2D eigenvalue weighted by atomic mass is 79.9. The molecule has 0 saturated carbocycles. The molecule has 0 spiro atoms. The third kappa shape index (κ3) is 9.91. The molecule has 1 N–H and O–H groups in total. The van der Waals surface area contributed by atoms with Crippen molar-refractivity contribution >= 4 is 27.7 Å². The largest absolute Gasteiger partial charge is 0.478 e. The molecule has 3 nitrogen and oxygen atoms in total. The van der Waals surface area contributed by atoms with Crippen LogP contribution in [0.4, 0.5) is 0 Å². The van der Waals surface area contributed by atoms with E-state index in [1.807, 2.05) is 12.1 Å². The molecule has 0 aliphatic rings.